The quantitative estimate of drug-likeness (QED) is 0.582. The lowest BCUT2D eigenvalue weighted by molar-refractivity contribution is -0.138. The van der Waals surface area contributed by atoms with Gasteiger partial charge in [-0.15, -0.1) is 0 Å². The molecule has 37 heavy (non-hydrogen) atoms. The molecule has 2 saturated heterocycles. The zero-order chi connectivity index (χ0) is 26.0. The Balaban J connectivity index is 1.21. The number of imide groups is 1. The van der Waals surface area contributed by atoms with Crippen LogP contribution in [0.4, 0.5) is 0 Å². The van der Waals surface area contributed by atoms with Crippen molar-refractivity contribution in [3.8, 4) is 5.75 Å². The molecule has 1 atom stereocenters. The van der Waals surface area contributed by atoms with E-state index in [9.17, 15) is 14.4 Å². The van der Waals surface area contributed by atoms with Crippen LogP contribution in [0.25, 0.3) is 0 Å². The number of fused-ring (bicyclic) bond motifs is 1. The normalized spacial score (nSPS) is 22.9. The second-order valence-electron chi connectivity index (χ2n) is 11.2. The number of hydrogen-bond acceptors (Lipinski definition) is 5. The van der Waals surface area contributed by atoms with E-state index >= 15 is 0 Å². The maximum Gasteiger partial charge on any atom is 0.252 e. The number of benzene rings is 2. The summed E-state index contributed by atoms with van der Waals surface area (Å²) >= 11 is 0. The van der Waals surface area contributed by atoms with E-state index < -0.39 is 11.4 Å². The molecule has 0 saturated carbocycles. The summed E-state index contributed by atoms with van der Waals surface area (Å²) in [6.07, 6.45) is 4.04. The van der Waals surface area contributed by atoms with E-state index in [-0.39, 0.29) is 18.2 Å². The van der Waals surface area contributed by atoms with Crippen molar-refractivity contribution in [3.05, 3.63) is 64.7 Å². The highest BCUT2D eigenvalue weighted by atomic mass is 16.5. The lowest BCUT2D eigenvalue weighted by Gasteiger charge is -2.34. The molecule has 3 aliphatic heterocycles. The van der Waals surface area contributed by atoms with Gasteiger partial charge in [0.25, 0.3) is 11.8 Å². The standard InChI is InChI=1S/C30H37N3O4/c1-20(2)23-12-16-33(17-13-23)18-21-6-8-22(9-7-21)19-37-26-5-3-4-25-24(26)10-14-30(32-28(25)35)15-11-27(34)31-29(30)36/h3-9,20,23H,10-19H2,1-2H3,(H,32,35)(H,31,34,36)/t30-/m0/s1. The number of carbonyl (C=O) groups is 3. The number of piperidine rings is 2. The Morgan fingerprint density at radius 3 is 2.38 bits per heavy atom. The van der Waals surface area contributed by atoms with Crippen LogP contribution in [0.1, 0.15) is 73.0 Å². The average Bonchev–Trinajstić information content (AvgIpc) is 3.04. The Bertz CT molecular complexity index is 1170. The van der Waals surface area contributed by atoms with Crippen LogP contribution in [-0.4, -0.2) is 41.2 Å². The predicted molar refractivity (Wildman–Crippen MR) is 141 cm³/mol. The molecule has 5 rings (SSSR count). The Hall–Kier alpha value is -3.19. The van der Waals surface area contributed by atoms with Gasteiger partial charge in [-0.25, -0.2) is 0 Å². The predicted octanol–water partition coefficient (Wildman–Crippen LogP) is 3.99. The van der Waals surface area contributed by atoms with E-state index in [0.717, 1.165) is 29.5 Å². The maximum atomic E-state index is 13.0. The van der Waals surface area contributed by atoms with Gasteiger partial charge in [0, 0.05) is 24.1 Å². The minimum atomic E-state index is -1.05. The van der Waals surface area contributed by atoms with Gasteiger partial charge in [0.1, 0.15) is 17.9 Å². The van der Waals surface area contributed by atoms with Crippen LogP contribution in [0.3, 0.4) is 0 Å². The van der Waals surface area contributed by atoms with Gasteiger partial charge in [0.05, 0.1) is 0 Å². The highest BCUT2D eigenvalue weighted by Gasteiger charge is 2.45. The summed E-state index contributed by atoms with van der Waals surface area (Å²) in [6, 6.07) is 14.0. The molecule has 3 aliphatic rings. The van der Waals surface area contributed by atoms with Gasteiger partial charge >= 0.3 is 0 Å². The van der Waals surface area contributed by atoms with Gasteiger partial charge in [-0.1, -0.05) is 44.2 Å². The molecule has 0 aromatic heterocycles. The molecule has 196 valence electrons. The molecule has 2 aromatic rings. The smallest absolute Gasteiger partial charge is 0.252 e. The first-order valence-corrected chi connectivity index (χ1v) is 13.5. The topological polar surface area (TPSA) is 87.7 Å². The van der Waals surface area contributed by atoms with Crippen LogP contribution < -0.4 is 15.4 Å². The average molecular weight is 504 g/mol. The van der Waals surface area contributed by atoms with Crippen LogP contribution in [0.15, 0.2) is 42.5 Å². The minimum Gasteiger partial charge on any atom is -0.489 e. The minimum absolute atomic E-state index is 0.220. The molecule has 0 aliphatic carbocycles. The molecule has 0 radical (unpaired) electrons. The van der Waals surface area contributed by atoms with E-state index in [1.54, 1.807) is 6.07 Å². The van der Waals surface area contributed by atoms with Crippen molar-refractivity contribution in [1.82, 2.24) is 15.5 Å². The van der Waals surface area contributed by atoms with Crippen molar-refractivity contribution in [2.24, 2.45) is 11.8 Å². The van der Waals surface area contributed by atoms with Gasteiger partial charge in [-0.3, -0.25) is 24.6 Å². The van der Waals surface area contributed by atoms with Gasteiger partial charge in [0.15, 0.2) is 0 Å². The third-order valence-electron chi connectivity index (χ3n) is 8.40. The lowest BCUT2D eigenvalue weighted by atomic mass is 9.84. The molecule has 7 nitrogen and oxygen atoms in total. The van der Waals surface area contributed by atoms with Crippen LogP contribution >= 0.6 is 0 Å². The zero-order valence-electron chi connectivity index (χ0n) is 21.8. The van der Waals surface area contributed by atoms with Crippen molar-refractivity contribution >= 4 is 17.7 Å². The monoisotopic (exact) mass is 503 g/mol. The van der Waals surface area contributed by atoms with Crippen molar-refractivity contribution in [2.45, 2.75) is 71.1 Å². The van der Waals surface area contributed by atoms with Gasteiger partial charge < -0.3 is 10.1 Å². The van der Waals surface area contributed by atoms with Gasteiger partial charge in [0.2, 0.25) is 5.91 Å². The Labute approximate surface area is 218 Å². The Kier molecular flexibility index (Phi) is 7.33. The van der Waals surface area contributed by atoms with Crippen molar-refractivity contribution < 1.29 is 19.1 Å². The number of nitrogens with zero attached hydrogens (tertiary/aromatic N) is 1. The van der Waals surface area contributed by atoms with Crippen LogP contribution in [0.2, 0.25) is 0 Å². The molecule has 2 fully saturated rings. The molecule has 3 amide bonds. The van der Waals surface area contributed by atoms with Crippen LogP contribution in [0, 0.1) is 11.8 Å². The first-order valence-electron chi connectivity index (χ1n) is 13.5. The maximum absolute atomic E-state index is 13.0. The number of carbonyl (C=O) groups excluding carboxylic acids is 3. The zero-order valence-corrected chi connectivity index (χ0v) is 21.8. The largest absolute Gasteiger partial charge is 0.489 e. The number of likely N-dealkylation sites (tertiary alicyclic amines) is 1. The molecular weight excluding hydrogens is 466 g/mol. The molecule has 0 unspecified atom stereocenters. The summed E-state index contributed by atoms with van der Waals surface area (Å²) in [4.78, 5) is 39.9. The number of ether oxygens (including phenoxy) is 1. The van der Waals surface area contributed by atoms with E-state index in [2.05, 4.69) is 53.6 Å². The van der Waals surface area contributed by atoms with E-state index in [1.165, 1.54) is 31.5 Å². The second kappa shape index (κ2) is 10.7. The number of amides is 3. The van der Waals surface area contributed by atoms with Crippen molar-refractivity contribution in [1.29, 1.82) is 0 Å². The number of hydrogen-bond donors (Lipinski definition) is 2. The van der Waals surface area contributed by atoms with E-state index in [1.807, 2.05) is 12.1 Å². The fraction of sp³-hybridized carbons (Fsp3) is 0.500. The first-order chi connectivity index (χ1) is 17.8. The SMILES string of the molecule is CC(C)C1CCN(Cc2ccc(COc3cccc4c3CC[C@@]3(CCC(=O)NC3=O)NC4=O)cc2)CC1. The second-order valence-corrected chi connectivity index (χ2v) is 11.2. The third kappa shape index (κ3) is 5.57. The molecule has 0 bridgehead atoms. The van der Waals surface area contributed by atoms with Gasteiger partial charge in [-0.05, 0) is 80.3 Å². The highest BCUT2D eigenvalue weighted by Crippen LogP contribution is 2.33. The first kappa shape index (κ1) is 25.5. The number of rotatable bonds is 6. The third-order valence-corrected chi connectivity index (χ3v) is 8.40. The summed E-state index contributed by atoms with van der Waals surface area (Å²) in [5.74, 6) is 1.27. The van der Waals surface area contributed by atoms with Crippen molar-refractivity contribution in [3.63, 3.8) is 0 Å². The number of nitrogens with one attached hydrogen (secondary N) is 2. The molecule has 2 N–H and O–H groups in total. The highest BCUT2D eigenvalue weighted by molar-refractivity contribution is 6.07. The Morgan fingerprint density at radius 2 is 1.68 bits per heavy atom. The fourth-order valence-electron chi connectivity index (χ4n) is 5.90. The van der Waals surface area contributed by atoms with E-state index in [4.69, 9.17) is 4.74 Å². The summed E-state index contributed by atoms with van der Waals surface area (Å²) in [5.41, 5.74) is 2.66. The Morgan fingerprint density at radius 1 is 0.973 bits per heavy atom. The summed E-state index contributed by atoms with van der Waals surface area (Å²) in [6.45, 7) is 8.38. The summed E-state index contributed by atoms with van der Waals surface area (Å²) < 4.78 is 6.19. The van der Waals surface area contributed by atoms with Gasteiger partial charge in [-0.2, -0.15) is 0 Å². The molecule has 1 spiro atoms. The lowest BCUT2D eigenvalue weighted by Crippen LogP contribution is -2.62. The van der Waals surface area contributed by atoms with Crippen LogP contribution in [0.5, 0.6) is 5.75 Å². The molecule has 3 heterocycles. The molecule has 7 heteroatoms. The molecule has 2 aromatic carbocycles. The van der Waals surface area contributed by atoms with Crippen molar-refractivity contribution in [2.75, 3.05) is 13.1 Å². The fourth-order valence-corrected chi connectivity index (χ4v) is 5.90. The summed E-state index contributed by atoms with van der Waals surface area (Å²) in [5, 5.41) is 5.29. The van der Waals surface area contributed by atoms with Crippen LogP contribution in [-0.2, 0) is 29.2 Å². The summed E-state index contributed by atoms with van der Waals surface area (Å²) in [7, 11) is 0. The molecular formula is C30H37N3O4. The van der Waals surface area contributed by atoms with E-state index in [0.29, 0.717) is 37.2 Å².